The number of unbranched alkanes of at least 4 members (excludes halogenated alkanes) is 19. The molecule has 0 saturated heterocycles. The Balaban J connectivity index is 3.47. The van der Waals surface area contributed by atoms with E-state index in [1.165, 1.54) is 109 Å². The highest BCUT2D eigenvalue weighted by atomic mass is 16.6. The standard InChI is InChI=1S/C53H90O4/c1-3-5-7-9-11-13-15-17-19-21-23-25-26-27-28-29-30-32-34-36-38-40-42-44-46-48-53(55)57-52(50-54)51-56-49-47-45-43-41-39-37-35-33-31-24-22-20-18-16-14-12-10-8-6-4-2/h5-8,11-14,17-20,23-25,31,52,54H,3-4,9-10,15-16,21-22,26-30,32-51H2,1-2H3/b7-5-,8-6-,13-11-,14-12-,19-17-,20-18-,25-23-,31-24-. The number of carbonyl (C=O) groups is 1. The Morgan fingerprint density at radius 2 is 0.737 bits per heavy atom. The summed E-state index contributed by atoms with van der Waals surface area (Å²) in [5.41, 5.74) is 0. The molecule has 0 aliphatic heterocycles. The van der Waals surface area contributed by atoms with Gasteiger partial charge in [0.05, 0.1) is 13.2 Å². The second kappa shape index (κ2) is 49.5. The predicted molar refractivity (Wildman–Crippen MR) is 251 cm³/mol. The van der Waals surface area contributed by atoms with E-state index in [0.717, 1.165) is 77.0 Å². The van der Waals surface area contributed by atoms with Crippen LogP contribution < -0.4 is 0 Å². The zero-order valence-electron chi connectivity index (χ0n) is 37.3. The van der Waals surface area contributed by atoms with Gasteiger partial charge in [0, 0.05) is 13.0 Å². The molecule has 0 aromatic carbocycles. The highest BCUT2D eigenvalue weighted by Gasteiger charge is 2.13. The number of rotatable bonds is 43. The largest absolute Gasteiger partial charge is 0.457 e. The minimum Gasteiger partial charge on any atom is -0.457 e. The van der Waals surface area contributed by atoms with Crippen LogP contribution in [0.4, 0.5) is 0 Å². The lowest BCUT2D eigenvalue weighted by Crippen LogP contribution is -2.27. The molecule has 0 saturated carbocycles. The zero-order valence-corrected chi connectivity index (χ0v) is 37.3. The highest BCUT2D eigenvalue weighted by Crippen LogP contribution is 2.14. The fourth-order valence-corrected chi connectivity index (χ4v) is 6.43. The molecule has 0 radical (unpaired) electrons. The van der Waals surface area contributed by atoms with Crippen LogP contribution in [-0.4, -0.2) is 37.0 Å². The maximum atomic E-state index is 12.3. The van der Waals surface area contributed by atoms with Crippen LogP contribution >= 0.6 is 0 Å². The maximum Gasteiger partial charge on any atom is 0.306 e. The summed E-state index contributed by atoms with van der Waals surface area (Å²) in [7, 11) is 0. The van der Waals surface area contributed by atoms with Crippen LogP contribution in [0.25, 0.3) is 0 Å². The van der Waals surface area contributed by atoms with Gasteiger partial charge >= 0.3 is 5.97 Å². The van der Waals surface area contributed by atoms with Gasteiger partial charge in [0.25, 0.3) is 0 Å². The van der Waals surface area contributed by atoms with Crippen LogP contribution in [0.15, 0.2) is 97.2 Å². The Kier molecular flexibility index (Phi) is 47.1. The number of ether oxygens (including phenoxy) is 2. The fourth-order valence-electron chi connectivity index (χ4n) is 6.43. The summed E-state index contributed by atoms with van der Waals surface area (Å²) in [6.45, 7) is 5.10. The molecule has 0 heterocycles. The maximum absolute atomic E-state index is 12.3. The van der Waals surface area contributed by atoms with E-state index in [0.29, 0.717) is 13.0 Å². The summed E-state index contributed by atoms with van der Waals surface area (Å²) < 4.78 is 11.2. The van der Waals surface area contributed by atoms with Crippen molar-refractivity contribution >= 4 is 5.97 Å². The van der Waals surface area contributed by atoms with E-state index in [2.05, 4.69) is 111 Å². The Morgan fingerprint density at radius 3 is 1.11 bits per heavy atom. The predicted octanol–water partition coefficient (Wildman–Crippen LogP) is 16.1. The van der Waals surface area contributed by atoms with Gasteiger partial charge in [-0.2, -0.15) is 0 Å². The summed E-state index contributed by atoms with van der Waals surface area (Å²) >= 11 is 0. The van der Waals surface area contributed by atoms with Crippen molar-refractivity contribution in [2.24, 2.45) is 0 Å². The Bertz CT molecular complexity index is 1060. The molecule has 0 aromatic heterocycles. The summed E-state index contributed by atoms with van der Waals surface area (Å²) in [6.07, 6.45) is 70.5. The molecular formula is C53H90O4. The lowest BCUT2D eigenvalue weighted by molar-refractivity contribution is -0.154. The Hall–Kier alpha value is -2.69. The summed E-state index contributed by atoms with van der Waals surface area (Å²) in [5, 5.41) is 9.64. The van der Waals surface area contributed by atoms with Gasteiger partial charge in [-0.1, -0.05) is 207 Å². The van der Waals surface area contributed by atoms with Crippen LogP contribution in [0.1, 0.15) is 206 Å². The van der Waals surface area contributed by atoms with Crippen molar-refractivity contribution in [2.75, 3.05) is 19.8 Å². The van der Waals surface area contributed by atoms with E-state index in [4.69, 9.17) is 9.47 Å². The van der Waals surface area contributed by atoms with Crippen molar-refractivity contribution < 1.29 is 19.4 Å². The molecule has 0 spiro atoms. The third-order valence-corrected chi connectivity index (χ3v) is 9.90. The van der Waals surface area contributed by atoms with Crippen molar-refractivity contribution in [3.05, 3.63) is 97.2 Å². The fraction of sp³-hybridized carbons (Fsp3) is 0.679. The normalized spacial score (nSPS) is 13.2. The van der Waals surface area contributed by atoms with Gasteiger partial charge < -0.3 is 14.6 Å². The summed E-state index contributed by atoms with van der Waals surface area (Å²) in [6, 6.07) is 0. The number of aliphatic hydroxyl groups is 1. The van der Waals surface area contributed by atoms with Gasteiger partial charge in [0.15, 0.2) is 0 Å². The molecule has 0 aromatic rings. The molecule has 326 valence electrons. The van der Waals surface area contributed by atoms with Crippen molar-refractivity contribution in [2.45, 2.75) is 213 Å². The van der Waals surface area contributed by atoms with Gasteiger partial charge in [-0.05, 0) is 89.9 Å². The molecule has 4 heteroatoms. The molecule has 0 aliphatic rings. The van der Waals surface area contributed by atoms with Gasteiger partial charge in [0.1, 0.15) is 6.10 Å². The van der Waals surface area contributed by atoms with Gasteiger partial charge in [-0.25, -0.2) is 0 Å². The third kappa shape index (κ3) is 47.6. The number of esters is 1. The molecule has 0 bridgehead atoms. The van der Waals surface area contributed by atoms with E-state index < -0.39 is 6.10 Å². The molecule has 1 atom stereocenters. The van der Waals surface area contributed by atoms with Crippen LogP contribution in [-0.2, 0) is 14.3 Å². The first-order valence-corrected chi connectivity index (χ1v) is 23.8. The Labute approximate surface area is 353 Å². The highest BCUT2D eigenvalue weighted by molar-refractivity contribution is 5.69. The lowest BCUT2D eigenvalue weighted by Gasteiger charge is -2.16. The van der Waals surface area contributed by atoms with E-state index >= 15 is 0 Å². The van der Waals surface area contributed by atoms with Crippen LogP contribution in [0, 0.1) is 0 Å². The van der Waals surface area contributed by atoms with E-state index in [9.17, 15) is 9.90 Å². The van der Waals surface area contributed by atoms with Crippen LogP contribution in [0.3, 0.4) is 0 Å². The second-order valence-electron chi connectivity index (χ2n) is 15.4. The molecule has 0 amide bonds. The van der Waals surface area contributed by atoms with Crippen molar-refractivity contribution in [1.82, 2.24) is 0 Å². The average Bonchev–Trinajstić information content (AvgIpc) is 3.22. The topological polar surface area (TPSA) is 55.8 Å². The lowest BCUT2D eigenvalue weighted by atomic mass is 10.0. The molecule has 0 fully saturated rings. The average molecular weight is 791 g/mol. The SMILES string of the molecule is CC/C=C\C/C=C\C/C=C\C/C=C\CCCCCCCCCCCCCCC(=O)OC(CO)COCCCCCCCCC/C=C\C/C=C\C/C=C\C/C=C\CC. The van der Waals surface area contributed by atoms with E-state index in [1.807, 2.05) is 0 Å². The van der Waals surface area contributed by atoms with E-state index in [1.54, 1.807) is 0 Å². The van der Waals surface area contributed by atoms with Gasteiger partial charge in [-0.3, -0.25) is 4.79 Å². The summed E-state index contributed by atoms with van der Waals surface area (Å²) in [5.74, 6) is -0.210. The Morgan fingerprint density at radius 1 is 0.421 bits per heavy atom. The van der Waals surface area contributed by atoms with E-state index in [-0.39, 0.29) is 19.2 Å². The van der Waals surface area contributed by atoms with Gasteiger partial charge in [-0.15, -0.1) is 0 Å². The molecule has 1 unspecified atom stereocenters. The first kappa shape index (κ1) is 54.3. The molecular weight excluding hydrogens is 701 g/mol. The second-order valence-corrected chi connectivity index (χ2v) is 15.4. The number of aliphatic hydroxyl groups excluding tert-OH is 1. The zero-order chi connectivity index (χ0) is 41.2. The number of hydrogen-bond donors (Lipinski definition) is 1. The first-order valence-electron chi connectivity index (χ1n) is 23.8. The van der Waals surface area contributed by atoms with Crippen molar-refractivity contribution in [3.63, 3.8) is 0 Å². The van der Waals surface area contributed by atoms with Crippen molar-refractivity contribution in [1.29, 1.82) is 0 Å². The number of hydrogen-bond acceptors (Lipinski definition) is 4. The number of allylic oxidation sites excluding steroid dienone is 16. The molecule has 57 heavy (non-hydrogen) atoms. The van der Waals surface area contributed by atoms with Crippen molar-refractivity contribution in [3.8, 4) is 0 Å². The van der Waals surface area contributed by atoms with Crippen LogP contribution in [0.2, 0.25) is 0 Å². The monoisotopic (exact) mass is 791 g/mol. The third-order valence-electron chi connectivity index (χ3n) is 9.90. The van der Waals surface area contributed by atoms with Crippen LogP contribution in [0.5, 0.6) is 0 Å². The molecule has 0 rings (SSSR count). The number of carbonyl (C=O) groups excluding carboxylic acids is 1. The summed E-state index contributed by atoms with van der Waals surface area (Å²) in [4.78, 5) is 12.3. The molecule has 4 nitrogen and oxygen atoms in total. The minimum atomic E-state index is -0.548. The molecule has 1 N–H and O–H groups in total. The minimum absolute atomic E-state index is 0.182. The van der Waals surface area contributed by atoms with Gasteiger partial charge in [0.2, 0.25) is 0 Å². The smallest absolute Gasteiger partial charge is 0.306 e. The quantitative estimate of drug-likeness (QED) is 0.0380. The molecule has 0 aliphatic carbocycles. The first-order chi connectivity index (χ1) is 28.2.